The Kier molecular flexibility index (Phi) is 3.89. The Morgan fingerprint density at radius 1 is 1.20 bits per heavy atom. The molecule has 1 N–H and O–H groups in total. The number of hydrogen-bond acceptors (Lipinski definition) is 3. The highest BCUT2D eigenvalue weighted by Crippen LogP contribution is 2.41. The number of aromatic nitrogens is 3. The Hall–Kier alpha value is -2.17. The second kappa shape index (κ2) is 5.97. The third-order valence-electron chi connectivity index (χ3n) is 5.03. The summed E-state index contributed by atoms with van der Waals surface area (Å²) in [6, 6.07) is 4.04. The van der Waals surface area contributed by atoms with Crippen molar-refractivity contribution in [3.8, 4) is 0 Å². The fourth-order valence-electron chi connectivity index (χ4n) is 3.48. The highest BCUT2D eigenvalue weighted by atomic mass is 16.1. The molecule has 1 amide bonds. The van der Waals surface area contributed by atoms with Crippen molar-refractivity contribution in [2.45, 2.75) is 70.8 Å². The van der Waals surface area contributed by atoms with Crippen LogP contribution in [0.5, 0.6) is 0 Å². The van der Waals surface area contributed by atoms with E-state index >= 15 is 0 Å². The van der Waals surface area contributed by atoms with Crippen molar-refractivity contribution in [2.75, 3.05) is 5.32 Å². The van der Waals surface area contributed by atoms with E-state index in [1.807, 2.05) is 16.8 Å². The fraction of sp³-hybridized carbons (Fsp3) is 0.550. The van der Waals surface area contributed by atoms with Crippen LogP contribution in [-0.4, -0.2) is 20.7 Å². The van der Waals surface area contributed by atoms with Crippen molar-refractivity contribution >= 4 is 11.7 Å². The van der Waals surface area contributed by atoms with Gasteiger partial charge in [-0.05, 0) is 70.9 Å². The second-order valence-corrected chi connectivity index (χ2v) is 8.30. The van der Waals surface area contributed by atoms with Gasteiger partial charge in [0.15, 0.2) is 0 Å². The zero-order valence-corrected chi connectivity index (χ0v) is 15.3. The number of pyridine rings is 1. The Labute approximate surface area is 148 Å². The van der Waals surface area contributed by atoms with E-state index in [0.717, 1.165) is 30.0 Å². The minimum atomic E-state index is -0.177. The topological polar surface area (TPSA) is 59.8 Å². The standard InChI is InChI=1S/C20H26N4O/c1-20(2,3)24-18(11-17(23-24)13-8-9-13)22-19(25)15-10-14-6-4-5-7-16(14)21-12-15/h10-13H,4-9H2,1-3H3,(H,22,25). The number of anilines is 1. The third kappa shape index (κ3) is 3.32. The van der Waals surface area contributed by atoms with Gasteiger partial charge in [0.25, 0.3) is 5.91 Å². The molecule has 0 aliphatic heterocycles. The molecule has 5 nitrogen and oxygen atoms in total. The highest BCUT2D eigenvalue weighted by Gasteiger charge is 2.30. The highest BCUT2D eigenvalue weighted by molar-refractivity contribution is 6.03. The van der Waals surface area contributed by atoms with E-state index in [4.69, 9.17) is 5.10 Å². The molecule has 132 valence electrons. The number of rotatable bonds is 3. The lowest BCUT2D eigenvalue weighted by atomic mass is 9.95. The monoisotopic (exact) mass is 338 g/mol. The van der Waals surface area contributed by atoms with Crippen LogP contribution in [0.4, 0.5) is 5.82 Å². The van der Waals surface area contributed by atoms with E-state index < -0.39 is 0 Å². The molecular formula is C20H26N4O. The van der Waals surface area contributed by atoms with Crippen molar-refractivity contribution in [1.82, 2.24) is 14.8 Å². The Balaban J connectivity index is 1.60. The smallest absolute Gasteiger partial charge is 0.258 e. The first kappa shape index (κ1) is 16.3. The average molecular weight is 338 g/mol. The lowest BCUT2D eigenvalue weighted by Crippen LogP contribution is -2.27. The molecule has 0 unspecified atom stereocenters. The largest absolute Gasteiger partial charge is 0.307 e. The van der Waals surface area contributed by atoms with Gasteiger partial charge in [-0.3, -0.25) is 9.78 Å². The van der Waals surface area contributed by atoms with Gasteiger partial charge in [0, 0.05) is 23.9 Å². The molecule has 2 aromatic heterocycles. The van der Waals surface area contributed by atoms with Crippen LogP contribution in [-0.2, 0) is 18.4 Å². The minimum absolute atomic E-state index is 0.103. The first-order valence-corrected chi connectivity index (χ1v) is 9.31. The second-order valence-electron chi connectivity index (χ2n) is 8.30. The van der Waals surface area contributed by atoms with Crippen molar-refractivity contribution in [3.05, 3.63) is 40.8 Å². The number of nitrogens with zero attached hydrogens (tertiary/aromatic N) is 3. The summed E-state index contributed by atoms with van der Waals surface area (Å²) in [6.45, 7) is 6.31. The van der Waals surface area contributed by atoms with Gasteiger partial charge >= 0.3 is 0 Å². The number of fused-ring (bicyclic) bond motifs is 1. The molecule has 25 heavy (non-hydrogen) atoms. The van der Waals surface area contributed by atoms with Gasteiger partial charge < -0.3 is 5.32 Å². The van der Waals surface area contributed by atoms with Crippen LogP contribution in [0, 0.1) is 0 Å². The van der Waals surface area contributed by atoms with E-state index in [9.17, 15) is 4.79 Å². The van der Waals surface area contributed by atoms with Gasteiger partial charge in [-0.15, -0.1) is 0 Å². The maximum Gasteiger partial charge on any atom is 0.258 e. The van der Waals surface area contributed by atoms with E-state index in [0.29, 0.717) is 11.5 Å². The third-order valence-corrected chi connectivity index (χ3v) is 5.03. The van der Waals surface area contributed by atoms with E-state index in [1.54, 1.807) is 6.20 Å². The summed E-state index contributed by atoms with van der Waals surface area (Å²) in [4.78, 5) is 17.3. The summed E-state index contributed by atoms with van der Waals surface area (Å²) in [5.74, 6) is 1.23. The number of hydrogen-bond donors (Lipinski definition) is 1. The summed E-state index contributed by atoms with van der Waals surface area (Å²) in [5.41, 5.74) is 3.92. The quantitative estimate of drug-likeness (QED) is 0.919. The predicted octanol–water partition coefficient (Wildman–Crippen LogP) is 4.04. The van der Waals surface area contributed by atoms with Crippen LogP contribution >= 0.6 is 0 Å². The fourth-order valence-corrected chi connectivity index (χ4v) is 3.48. The molecule has 0 spiro atoms. The lowest BCUT2D eigenvalue weighted by molar-refractivity contribution is 0.102. The van der Waals surface area contributed by atoms with Gasteiger partial charge in [-0.1, -0.05) is 0 Å². The normalized spacial score (nSPS) is 17.2. The first-order chi connectivity index (χ1) is 11.9. The zero-order chi connectivity index (χ0) is 17.6. The number of aryl methyl sites for hydroxylation is 2. The molecule has 0 bridgehead atoms. The molecule has 2 heterocycles. The van der Waals surface area contributed by atoms with Crippen LogP contribution in [0.3, 0.4) is 0 Å². The average Bonchev–Trinajstić information content (AvgIpc) is 3.34. The number of nitrogens with one attached hydrogen (secondary N) is 1. The van der Waals surface area contributed by atoms with Crippen molar-refractivity contribution in [1.29, 1.82) is 0 Å². The molecule has 0 radical (unpaired) electrons. The van der Waals surface area contributed by atoms with E-state index in [1.165, 1.54) is 31.2 Å². The van der Waals surface area contributed by atoms with Crippen LogP contribution < -0.4 is 5.32 Å². The Morgan fingerprint density at radius 2 is 1.96 bits per heavy atom. The Morgan fingerprint density at radius 3 is 2.68 bits per heavy atom. The summed E-state index contributed by atoms with van der Waals surface area (Å²) in [7, 11) is 0. The zero-order valence-electron chi connectivity index (χ0n) is 15.3. The maximum absolute atomic E-state index is 12.8. The molecular weight excluding hydrogens is 312 g/mol. The molecule has 4 rings (SSSR count). The van der Waals surface area contributed by atoms with Gasteiger partial charge in [0.1, 0.15) is 5.82 Å². The van der Waals surface area contributed by atoms with Gasteiger partial charge in [0.05, 0.1) is 16.8 Å². The SMILES string of the molecule is CC(C)(C)n1nc(C2CC2)cc1NC(=O)c1cnc2c(c1)CCCC2. The molecule has 5 heteroatoms. The number of amides is 1. The van der Waals surface area contributed by atoms with E-state index in [2.05, 4.69) is 31.1 Å². The summed E-state index contributed by atoms with van der Waals surface area (Å²) >= 11 is 0. The molecule has 2 aliphatic rings. The van der Waals surface area contributed by atoms with Crippen LogP contribution in [0.25, 0.3) is 0 Å². The molecule has 1 saturated carbocycles. The van der Waals surface area contributed by atoms with Gasteiger partial charge in [-0.2, -0.15) is 5.10 Å². The predicted molar refractivity (Wildman–Crippen MR) is 98.0 cm³/mol. The Bertz CT molecular complexity index is 812. The minimum Gasteiger partial charge on any atom is -0.307 e. The number of carbonyl (C=O) groups excluding carboxylic acids is 1. The van der Waals surface area contributed by atoms with Gasteiger partial charge in [-0.25, -0.2) is 4.68 Å². The van der Waals surface area contributed by atoms with Crippen LogP contribution in [0.2, 0.25) is 0 Å². The molecule has 2 aromatic rings. The van der Waals surface area contributed by atoms with Crippen molar-refractivity contribution in [2.24, 2.45) is 0 Å². The molecule has 0 aromatic carbocycles. The van der Waals surface area contributed by atoms with Crippen molar-refractivity contribution < 1.29 is 4.79 Å². The molecule has 0 saturated heterocycles. The summed E-state index contributed by atoms with van der Waals surface area (Å²) in [5, 5.41) is 7.81. The van der Waals surface area contributed by atoms with Crippen LogP contribution in [0.15, 0.2) is 18.3 Å². The first-order valence-electron chi connectivity index (χ1n) is 9.31. The van der Waals surface area contributed by atoms with Crippen molar-refractivity contribution in [3.63, 3.8) is 0 Å². The maximum atomic E-state index is 12.8. The number of carbonyl (C=O) groups is 1. The van der Waals surface area contributed by atoms with Crippen LogP contribution in [0.1, 0.15) is 79.7 Å². The molecule has 0 atom stereocenters. The molecule has 1 fully saturated rings. The lowest BCUT2D eigenvalue weighted by Gasteiger charge is -2.22. The summed E-state index contributed by atoms with van der Waals surface area (Å²) < 4.78 is 1.93. The molecule has 2 aliphatic carbocycles. The van der Waals surface area contributed by atoms with Gasteiger partial charge in [0.2, 0.25) is 0 Å². The van der Waals surface area contributed by atoms with E-state index in [-0.39, 0.29) is 11.4 Å². The summed E-state index contributed by atoms with van der Waals surface area (Å²) in [6.07, 6.45) is 8.53.